The van der Waals surface area contributed by atoms with Crippen molar-refractivity contribution in [2.45, 2.75) is 58.1 Å². The van der Waals surface area contributed by atoms with Gasteiger partial charge in [-0.05, 0) is 57.6 Å². The highest BCUT2D eigenvalue weighted by atomic mass is 28.4. The van der Waals surface area contributed by atoms with Crippen molar-refractivity contribution in [3.8, 4) is 0 Å². The van der Waals surface area contributed by atoms with Crippen LogP contribution in [0, 0.1) is 5.92 Å². The van der Waals surface area contributed by atoms with E-state index in [4.69, 9.17) is 5.80 Å². The largest absolute Gasteiger partial charge is 0.418 e. The lowest BCUT2D eigenvalue weighted by molar-refractivity contribution is 0.325. The Morgan fingerprint density at radius 3 is 2.78 bits per heavy atom. The summed E-state index contributed by atoms with van der Waals surface area (Å²) in [6.07, 6.45) is 5.75. The zero-order chi connectivity index (χ0) is 14.5. The second kappa shape index (κ2) is 7.29. The number of hydrogen-bond donors (Lipinski definition) is 0. The summed E-state index contributed by atoms with van der Waals surface area (Å²) in [7, 11) is 2.10. The fraction of sp³-hybridized carbons (Fsp3) is 0.929. The smallest absolute Gasteiger partial charge is 0.186 e. The Morgan fingerprint density at radius 2 is 2.17 bits per heavy atom. The molecule has 0 heterocycles. The van der Waals surface area contributed by atoms with E-state index in [1.54, 1.807) is 0 Å². The van der Waals surface area contributed by atoms with Crippen molar-refractivity contribution >= 4 is 14.0 Å². The van der Waals surface area contributed by atoms with Gasteiger partial charge in [0.1, 0.15) is 0 Å². The first-order chi connectivity index (χ1) is 8.86. The van der Waals surface area contributed by atoms with Gasteiger partial charge in [0.2, 0.25) is 0 Å². The molecule has 1 rings (SSSR count). The molecule has 0 aromatic carbocycles. The van der Waals surface area contributed by atoms with Gasteiger partial charge in [0.25, 0.3) is 0 Å². The molecule has 1 aliphatic carbocycles. The highest BCUT2D eigenvalue weighted by molar-refractivity contribution is 6.71. The molecule has 1 unspecified atom stereocenters. The van der Waals surface area contributed by atoms with E-state index in [2.05, 4.69) is 18.2 Å². The summed E-state index contributed by atoms with van der Waals surface area (Å²) in [5, 5.41) is 6.54. The lowest BCUT2D eigenvalue weighted by Gasteiger charge is -2.28. The summed E-state index contributed by atoms with van der Waals surface area (Å²) in [5.74, 6) is 0.492. The van der Waals surface area contributed by atoms with Crippen LogP contribution in [0.25, 0.3) is 0 Å². The van der Waals surface area contributed by atoms with Crippen LogP contribution in [0.5, 0.6) is 0 Å². The van der Waals surface area contributed by atoms with Crippen LogP contribution >= 0.6 is 0 Å². The fourth-order valence-corrected chi connectivity index (χ4v) is 4.28. The molecular weight excluding hydrogens is 240 g/mol. The third kappa shape index (κ3) is 5.53. The van der Waals surface area contributed by atoms with Crippen molar-refractivity contribution in [1.29, 1.82) is 0 Å². The van der Waals surface area contributed by atoms with Gasteiger partial charge in [-0.3, -0.25) is 0 Å². The van der Waals surface area contributed by atoms with Gasteiger partial charge < -0.3 is 9.43 Å². The van der Waals surface area contributed by atoms with E-state index in [9.17, 15) is 0 Å². The first kappa shape index (κ1) is 14.1. The van der Waals surface area contributed by atoms with E-state index >= 15 is 0 Å². The predicted octanol–water partition coefficient (Wildman–Crippen LogP) is 3.73. The lowest BCUT2D eigenvalue weighted by Crippen LogP contribution is -2.32. The summed E-state index contributed by atoms with van der Waals surface area (Å²) in [5.41, 5.74) is 1.30. The Bertz CT molecular complexity index is 308. The molecule has 0 aromatic rings. The molecule has 18 heavy (non-hydrogen) atoms. The molecule has 106 valence electrons. The molecule has 0 aromatic heterocycles. The maximum Gasteiger partial charge on any atom is 0.186 e. The molecule has 1 saturated carbocycles. The van der Waals surface area contributed by atoms with Gasteiger partial charge in [-0.25, -0.2) is 0 Å². The lowest BCUT2D eigenvalue weighted by atomic mass is 9.85. The van der Waals surface area contributed by atoms with Gasteiger partial charge in [0, 0.05) is 27.8 Å². The average Bonchev–Trinajstić information content (AvgIpc) is 2.30. The van der Waals surface area contributed by atoms with Crippen LogP contribution in [-0.4, -0.2) is 39.7 Å². The van der Waals surface area contributed by atoms with Gasteiger partial charge in [-0.15, -0.1) is 0 Å². The predicted molar refractivity (Wildman–Crippen MR) is 81.6 cm³/mol. The minimum Gasteiger partial charge on any atom is -0.418 e. The molecule has 3 nitrogen and oxygen atoms in total. The molecule has 0 spiro atoms. The van der Waals surface area contributed by atoms with Crippen LogP contribution in [-0.2, 0) is 4.43 Å². The normalized spacial score (nSPS) is 25.9. The highest BCUT2D eigenvalue weighted by Gasteiger charge is 2.27. The Balaban J connectivity index is 2.67. The van der Waals surface area contributed by atoms with E-state index in [0.717, 1.165) is 19.4 Å². The Hall–Kier alpha value is -0.353. The standard InChI is InChI=1S/C14H30N2OSi/c1-6-17-18(4,5)12-11-13-9-7-8-10-14(13)15-16(2)3/h13H,6-12H2,1-5H3/b15-14+/i12D/t12-,13?/m1/s1. The van der Waals surface area contributed by atoms with Gasteiger partial charge >= 0.3 is 0 Å². The number of rotatable bonds is 6. The van der Waals surface area contributed by atoms with E-state index in [1.165, 1.54) is 25.0 Å². The number of hydrogen-bond acceptors (Lipinski definition) is 3. The SMILES string of the molecule is [2H][C@H](CC1CCCC/C1=N\N(C)C)[Si](C)(C)OCC. The van der Waals surface area contributed by atoms with Crippen molar-refractivity contribution < 1.29 is 5.80 Å². The summed E-state index contributed by atoms with van der Waals surface area (Å²) >= 11 is 0. The van der Waals surface area contributed by atoms with Crippen LogP contribution < -0.4 is 0 Å². The van der Waals surface area contributed by atoms with Crippen LogP contribution in [0.4, 0.5) is 0 Å². The molecule has 0 bridgehead atoms. The van der Waals surface area contributed by atoms with Crippen LogP contribution in [0.3, 0.4) is 0 Å². The summed E-state index contributed by atoms with van der Waals surface area (Å²) in [6.45, 7) is 7.10. The van der Waals surface area contributed by atoms with Crippen molar-refractivity contribution in [1.82, 2.24) is 5.01 Å². The molecule has 0 radical (unpaired) electrons. The molecule has 0 amide bonds. The Labute approximate surface area is 115 Å². The first-order valence-electron chi connectivity index (χ1n) is 7.75. The summed E-state index contributed by atoms with van der Waals surface area (Å²) in [4.78, 5) is 0. The summed E-state index contributed by atoms with van der Waals surface area (Å²) in [6, 6.07) is -0.0529. The molecule has 2 atom stereocenters. The minimum absolute atomic E-state index is 0.0529. The highest BCUT2D eigenvalue weighted by Crippen LogP contribution is 2.28. The van der Waals surface area contributed by atoms with E-state index < -0.39 is 8.32 Å². The van der Waals surface area contributed by atoms with Crippen molar-refractivity contribution in [2.24, 2.45) is 11.0 Å². The average molecular weight is 271 g/mol. The second-order valence-electron chi connectivity index (χ2n) is 5.86. The van der Waals surface area contributed by atoms with Crippen molar-refractivity contribution in [3.05, 3.63) is 0 Å². The Morgan fingerprint density at radius 1 is 1.44 bits per heavy atom. The third-order valence-electron chi connectivity index (χ3n) is 3.45. The number of hydrazone groups is 1. The van der Waals surface area contributed by atoms with Gasteiger partial charge in [0.05, 0.1) is 0 Å². The quantitative estimate of drug-likeness (QED) is 0.543. The van der Waals surface area contributed by atoms with E-state index in [0.29, 0.717) is 5.92 Å². The monoisotopic (exact) mass is 271 g/mol. The van der Waals surface area contributed by atoms with Crippen LogP contribution in [0.2, 0.25) is 19.1 Å². The van der Waals surface area contributed by atoms with E-state index in [1.807, 2.05) is 26.0 Å². The second-order valence-corrected chi connectivity index (χ2v) is 9.76. The summed E-state index contributed by atoms with van der Waals surface area (Å²) < 4.78 is 14.3. The van der Waals surface area contributed by atoms with Gasteiger partial charge in [0.15, 0.2) is 8.32 Å². The molecular formula is C14H30N2OSi. The molecule has 0 saturated heterocycles. The molecule has 4 heteroatoms. The first-order valence-corrected chi connectivity index (χ1v) is 10.2. The minimum atomic E-state index is -1.86. The van der Waals surface area contributed by atoms with Crippen molar-refractivity contribution in [2.75, 3.05) is 20.7 Å². The van der Waals surface area contributed by atoms with Crippen molar-refractivity contribution in [3.63, 3.8) is 0 Å². The number of nitrogens with zero attached hydrogens (tertiary/aromatic N) is 2. The van der Waals surface area contributed by atoms with Gasteiger partial charge in [-0.2, -0.15) is 5.10 Å². The Kier molecular flexibility index (Phi) is 5.69. The molecule has 0 N–H and O–H groups in total. The maximum atomic E-state index is 8.45. The fourth-order valence-electron chi connectivity index (χ4n) is 2.57. The topological polar surface area (TPSA) is 24.8 Å². The maximum absolute atomic E-state index is 8.45. The zero-order valence-electron chi connectivity index (χ0n) is 13.7. The van der Waals surface area contributed by atoms with E-state index in [-0.39, 0.29) is 6.02 Å². The van der Waals surface area contributed by atoms with Crippen LogP contribution in [0.15, 0.2) is 5.10 Å². The molecule has 1 fully saturated rings. The molecule has 1 aliphatic rings. The van der Waals surface area contributed by atoms with Crippen LogP contribution in [0.1, 0.15) is 40.4 Å². The third-order valence-corrected chi connectivity index (χ3v) is 5.70. The van der Waals surface area contributed by atoms with Gasteiger partial charge in [-0.1, -0.05) is 6.42 Å². The zero-order valence-corrected chi connectivity index (χ0v) is 13.7. The molecule has 0 aliphatic heterocycles.